The summed E-state index contributed by atoms with van der Waals surface area (Å²) in [6.07, 6.45) is 0.951. The van der Waals surface area contributed by atoms with Gasteiger partial charge in [-0.1, -0.05) is 0 Å². The van der Waals surface area contributed by atoms with Crippen LogP contribution in [-0.4, -0.2) is 16.8 Å². The van der Waals surface area contributed by atoms with Crippen LogP contribution in [0.1, 0.15) is 22.3 Å². The van der Waals surface area contributed by atoms with Gasteiger partial charge in [-0.25, -0.2) is 0 Å². The van der Waals surface area contributed by atoms with Crippen molar-refractivity contribution in [3.8, 4) is 0 Å². The molecule has 1 atom stereocenters. The van der Waals surface area contributed by atoms with Crippen LogP contribution in [0.2, 0.25) is 0 Å². The van der Waals surface area contributed by atoms with Gasteiger partial charge in [0, 0.05) is 34.6 Å². The first kappa shape index (κ1) is 12.8. The molecule has 2 aromatic rings. The first-order chi connectivity index (χ1) is 8.11. The van der Waals surface area contributed by atoms with Crippen molar-refractivity contribution in [3.63, 3.8) is 0 Å². The molecule has 0 radical (unpaired) electrons. The molecule has 0 fully saturated rings. The maximum atomic E-state index is 4.38. The maximum Gasteiger partial charge on any atom is 0.0596 e. The standard InChI is InChI=1S/C12H16BrN3S/c1-8-6-9(16(3)15-8)7-11(14-2)12-10(13)4-5-17-12/h4-6,11,14H,7H2,1-3H3. The van der Waals surface area contributed by atoms with E-state index in [9.17, 15) is 0 Å². The van der Waals surface area contributed by atoms with E-state index >= 15 is 0 Å². The Kier molecular flexibility index (Phi) is 4.01. The molecular formula is C12H16BrN3S. The number of aryl methyl sites for hydroxylation is 2. The Bertz CT molecular complexity index is 504. The zero-order valence-electron chi connectivity index (χ0n) is 10.2. The average Bonchev–Trinajstić information content (AvgIpc) is 2.82. The summed E-state index contributed by atoms with van der Waals surface area (Å²) in [5.74, 6) is 0. The van der Waals surface area contributed by atoms with Gasteiger partial charge in [0.05, 0.1) is 5.69 Å². The second-order valence-corrected chi connectivity index (χ2v) is 5.88. The fourth-order valence-corrected chi connectivity index (χ4v) is 3.70. The van der Waals surface area contributed by atoms with Crippen LogP contribution in [0, 0.1) is 6.92 Å². The van der Waals surface area contributed by atoms with Gasteiger partial charge in [-0.15, -0.1) is 11.3 Å². The van der Waals surface area contributed by atoms with Gasteiger partial charge in [-0.2, -0.15) is 5.10 Å². The topological polar surface area (TPSA) is 29.9 Å². The lowest BCUT2D eigenvalue weighted by molar-refractivity contribution is 0.567. The van der Waals surface area contributed by atoms with E-state index in [2.05, 4.69) is 43.9 Å². The number of nitrogens with one attached hydrogen (secondary N) is 1. The highest BCUT2D eigenvalue weighted by Crippen LogP contribution is 2.30. The summed E-state index contributed by atoms with van der Waals surface area (Å²) in [7, 11) is 4.00. The third kappa shape index (κ3) is 2.78. The molecule has 1 N–H and O–H groups in total. The molecule has 2 heterocycles. The van der Waals surface area contributed by atoms with Gasteiger partial charge in [-0.3, -0.25) is 4.68 Å². The van der Waals surface area contributed by atoms with Gasteiger partial charge < -0.3 is 5.32 Å². The number of aromatic nitrogens is 2. The van der Waals surface area contributed by atoms with Gasteiger partial charge in [0.15, 0.2) is 0 Å². The van der Waals surface area contributed by atoms with Gasteiger partial charge in [-0.05, 0) is 47.4 Å². The summed E-state index contributed by atoms with van der Waals surface area (Å²) in [5, 5.41) is 9.86. The molecule has 0 aromatic carbocycles. The summed E-state index contributed by atoms with van der Waals surface area (Å²) in [4.78, 5) is 1.34. The smallest absolute Gasteiger partial charge is 0.0596 e. The highest BCUT2D eigenvalue weighted by molar-refractivity contribution is 9.10. The minimum Gasteiger partial charge on any atom is -0.312 e. The maximum absolute atomic E-state index is 4.38. The number of nitrogens with zero attached hydrogens (tertiary/aromatic N) is 2. The van der Waals surface area contributed by atoms with E-state index in [1.165, 1.54) is 15.0 Å². The van der Waals surface area contributed by atoms with Crippen LogP contribution in [0.5, 0.6) is 0 Å². The molecule has 0 amide bonds. The Hall–Kier alpha value is -0.650. The number of thiophene rings is 1. The van der Waals surface area contributed by atoms with Crippen LogP contribution in [-0.2, 0) is 13.5 Å². The van der Waals surface area contributed by atoms with Crippen LogP contribution < -0.4 is 5.32 Å². The second kappa shape index (κ2) is 5.33. The molecular weight excluding hydrogens is 298 g/mol. The molecule has 2 rings (SSSR count). The Morgan fingerprint density at radius 2 is 2.35 bits per heavy atom. The predicted octanol–water partition coefficient (Wildman–Crippen LogP) is 3.06. The molecule has 0 saturated carbocycles. The third-order valence-corrected chi connectivity index (χ3v) is 4.81. The molecule has 0 bridgehead atoms. The number of rotatable bonds is 4. The van der Waals surface area contributed by atoms with E-state index in [1.54, 1.807) is 11.3 Å². The molecule has 0 spiro atoms. The lowest BCUT2D eigenvalue weighted by Gasteiger charge is -2.15. The number of likely N-dealkylation sites (N-methyl/N-ethyl adjacent to an activating group) is 1. The fraction of sp³-hybridized carbons (Fsp3) is 0.417. The van der Waals surface area contributed by atoms with Gasteiger partial charge >= 0.3 is 0 Å². The monoisotopic (exact) mass is 313 g/mol. The normalized spacial score (nSPS) is 12.9. The quantitative estimate of drug-likeness (QED) is 0.940. The van der Waals surface area contributed by atoms with E-state index in [0.717, 1.165) is 12.1 Å². The fourth-order valence-electron chi connectivity index (χ4n) is 1.94. The first-order valence-electron chi connectivity index (χ1n) is 5.51. The van der Waals surface area contributed by atoms with Crippen molar-refractivity contribution in [2.75, 3.05) is 7.05 Å². The minimum atomic E-state index is 0.333. The third-order valence-electron chi connectivity index (χ3n) is 2.82. The van der Waals surface area contributed by atoms with Crippen LogP contribution in [0.15, 0.2) is 22.0 Å². The second-order valence-electron chi connectivity index (χ2n) is 4.08. The van der Waals surface area contributed by atoms with Crippen molar-refractivity contribution < 1.29 is 0 Å². The van der Waals surface area contributed by atoms with Gasteiger partial charge in [0.2, 0.25) is 0 Å². The Morgan fingerprint density at radius 3 is 2.82 bits per heavy atom. The van der Waals surface area contributed by atoms with E-state index in [-0.39, 0.29) is 0 Å². The highest BCUT2D eigenvalue weighted by Gasteiger charge is 2.16. The summed E-state index contributed by atoms with van der Waals surface area (Å²) in [5.41, 5.74) is 2.32. The summed E-state index contributed by atoms with van der Waals surface area (Å²) < 4.78 is 3.14. The number of halogens is 1. The molecule has 1 unspecified atom stereocenters. The number of hydrogen-bond acceptors (Lipinski definition) is 3. The molecule has 17 heavy (non-hydrogen) atoms. The molecule has 0 aliphatic carbocycles. The van der Waals surface area contributed by atoms with Crippen molar-refractivity contribution >= 4 is 27.3 Å². The minimum absolute atomic E-state index is 0.333. The van der Waals surface area contributed by atoms with Crippen molar-refractivity contribution in [3.05, 3.63) is 38.3 Å². The van der Waals surface area contributed by atoms with E-state index in [0.29, 0.717) is 6.04 Å². The summed E-state index contributed by atoms with van der Waals surface area (Å²) >= 11 is 5.37. The lowest BCUT2D eigenvalue weighted by atomic mass is 10.1. The Labute approximate surface area is 114 Å². The first-order valence-corrected chi connectivity index (χ1v) is 7.18. The van der Waals surface area contributed by atoms with Gasteiger partial charge in [0.25, 0.3) is 0 Å². The van der Waals surface area contributed by atoms with Crippen molar-refractivity contribution in [2.45, 2.75) is 19.4 Å². The van der Waals surface area contributed by atoms with E-state index in [1.807, 2.05) is 25.7 Å². The van der Waals surface area contributed by atoms with Crippen LogP contribution in [0.4, 0.5) is 0 Å². The average molecular weight is 314 g/mol. The molecule has 2 aromatic heterocycles. The van der Waals surface area contributed by atoms with Gasteiger partial charge in [0.1, 0.15) is 0 Å². The molecule has 3 nitrogen and oxygen atoms in total. The van der Waals surface area contributed by atoms with E-state index < -0.39 is 0 Å². The highest BCUT2D eigenvalue weighted by atomic mass is 79.9. The molecule has 0 aliphatic rings. The molecule has 5 heteroatoms. The molecule has 0 aliphatic heterocycles. The van der Waals surface area contributed by atoms with Crippen molar-refractivity contribution in [1.82, 2.24) is 15.1 Å². The molecule has 92 valence electrons. The summed E-state index contributed by atoms with van der Waals surface area (Å²) in [6, 6.07) is 4.57. The zero-order chi connectivity index (χ0) is 12.4. The largest absolute Gasteiger partial charge is 0.312 e. The van der Waals surface area contributed by atoms with Crippen LogP contribution in [0.25, 0.3) is 0 Å². The Morgan fingerprint density at radius 1 is 1.59 bits per heavy atom. The predicted molar refractivity (Wildman–Crippen MR) is 75.5 cm³/mol. The zero-order valence-corrected chi connectivity index (χ0v) is 12.6. The van der Waals surface area contributed by atoms with E-state index in [4.69, 9.17) is 0 Å². The summed E-state index contributed by atoms with van der Waals surface area (Å²) in [6.45, 7) is 2.03. The van der Waals surface area contributed by atoms with Crippen LogP contribution in [0.3, 0.4) is 0 Å². The lowest BCUT2D eigenvalue weighted by Crippen LogP contribution is -2.19. The molecule has 0 saturated heterocycles. The van der Waals surface area contributed by atoms with Crippen molar-refractivity contribution in [1.29, 1.82) is 0 Å². The SMILES string of the molecule is CNC(Cc1cc(C)nn1C)c1sccc1Br. The Balaban J connectivity index is 2.21. The number of hydrogen-bond donors (Lipinski definition) is 1. The van der Waals surface area contributed by atoms with Crippen molar-refractivity contribution in [2.24, 2.45) is 7.05 Å². The van der Waals surface area contributed by atoms with Crippen LogP contribution >= 0.6 is 27.3 Å².